The molecule has 0 unspecified atom stereocenters. The first-order chi connectivity index (χ1) is 14.1. The first-order valence-electron chi connectivity index (χ1n) is 8.49. The second kappa shape index (κ2) is 7.92. The average Bonchev–Trinajstić information content (AvgIpc) is 3.40. The molecule has 11 heteroatoms. The van der Waals surface area contributed by atoms with Gasteiger partial charge in [-0.3, -0.25) is 9.78 Å². The van der Waals surface area contributed by atoms with Crippen LogP contribution < -0.4 is 5.32 Å². The van der Waals surface area contributed by atoms with Crippen LogP contribution in [0.15, 0.2) is 53.3 Å². The Morgan fingerprint density at radius 3 is 2.83 bits per heavy atom. The molecule has 146 valence electrons. The minimum Gasteiger partial charge on any atom is -0.350 e. The van der Waals surface area contributed by atoms with Crippen LogP contribution in [0.1, 0.15) is 10.4 Å². The molecule has 0 aliphatic rings. The number of hydrogen-bond donors (Lipinski definition) is 1. The molecule has 0 aliphatic carbocycles. The van der Waals surface area contributed by atoms with E-state index in [4.69, 9.17) is 4.52 Å². The van der Waals surface area contributed by atoms with Crippen LogP contribution in [0.25, 0.3) is 23.1 Å². The summed E-state index contributed by atoms with van der Waals surface area (Å²) in [5, 5.41) is 14.4. The van der Waals surface area contributed by atoms with E-state index in [2.05, 4.69) is 30.8 Å². The van der Waals surface area contributed by atoms with Gasteiger partial charge in [-0.25, -0.2) is 13.5 Å². The predicted molar refractivity (Wildman–Crippen MR) is 95.2 cm³/mol. The number of carbonyl (C=O) groups is 1. The fraction of sp³-hybridized carbons (Fsp3) is 0.111. The average molecular weight is 397 g/mol. The molecular formula is C18H13F2N7O2. The number of carbonyl (C=O) groups excluding carboxylic acids is 1. The van der Waals surface area contributed by atoms with E-state index in [1.807, 2.05) is 6.07 Å². The Morgan fingerprint density at radius 1 is 1.14 bits per heavy atom. The van der Waals surface area contributed by atoms with Crippen molar-refractivity contribution in [3.63, 3.8) is 0 Å². The van der Waals surface area contributed by atoms with Gasteiger partial charge < -0.3 is 9.84 Å². The molecule has 29 heavy (non-hydrogen) atoms. The van der Waals surface area contributed by atoms with Gasteiger partial charge in [0, 0.05) is 18.3 Å². The molecule has 0 bridgehead atoms. The molecule has 1 amide bonds. The number of halogens is 2. The van der Waals surface area contributed by atoms with E-state index in [1.54, 1.807) is 24.5 Å². The maximum absolute atomic E-state index is 13.2. The summed E-state index contributed by atoms with van der Waals surface area (Å²) in [4.78, 5) is 20.4. The Hall–Kier alpha value is -4.02. The molecule has 3 aromatic heterocycles. The normalized spacial score (nSPS) is 10.8. The number of nitrogens with one attached hydrogen (secondary N) is 1. The third-order valence-corrected chi connectivity index (χ3v) is 3.89. The number of amides is 1. The largest absolute Gasteiger partial charge is 0.350 e. The Morgan fingerprint density at radius 2 is 2.03 bits per heavy atom. The molecule has 1 aromatic carbocycles. The van der Waals surface area contributed by atoms with Crippen molar-refractivity contribution < 1.29 is 18.1 Å². The van der Waals surface area contributed by atoms with E-state index < -0.39 is 17.5 Å². The van der Waals surface area contributed by atoms with Gasteiger partial charge in [0.1, 0.15) is 5.69 Å². The highest BCUT2D eigenvalue weighted by atomic mass is 19.2. The van der Waals surface area contributed by atoms with Crippen LogP contribution in [-0.2, 0) is 6.54 Å². The van der Waals surface area contributed by atoms with Gasteiger partial charge in [0.25, 0.3) is 11.8 Å². The minimum absolute atomic E-state index is 0.0242. The van der Waals surface area contributed by atoms with Crippen LogP contribution in [0, 0.1) is 11.6 Å². The van der Waals surface area contributed by atoms with Crippen molar-refractivity contribution in [1.29, 1.82) is 0 Å². The van der Waals surface area contributed by atoms with Gasteiger partial charge in [-0.05, 0) is 30.3 Å². The molecule has 3 heterocycles. The molecule has 0 spiro atoms. The lowest BCUT2D eigenvalue weighted by Crippen LogP contribution is -2.27. The van der Waals surface area contributed by atoms with Gasteiger partial charge in [-0.2, -0.15) is 4.98 Å². The summed E-state index contributed by atoms with van der Waals surface area (Å²) < 4.78 is 32.8. The van der Waals surface area contributed by atoms with E-state index in [9.17, 15) is 13.6 Å². The standard InChI is InChI=1S/C18H13F2N7O2/c19-12-5-4-11(9-13(12)20)17(28)22-7-8-27-10-15(24-26-27)18-23-16(25-29-18)14-3-1-2-6-21-14/h1-6,9-10H,7-8H2,(H,22,28). The number of aromatic nitrogens is 6. The zero-order chi connectivity index (χ0) is 20.2. The quantitative estimate of drug-likeness (QED) is 0.530. The Labute approximate surface area is 162 Å². The number of pyridine rings is 1. The lowest BCUT2D eigenvalue weighted by atomic mass is 10.2. The van der Waals surface area contributed by atoms with Crippen molar-refractivity contribution >= 4 is 5.91 Å². The van der Waals surface area contributed by atoms with Crippen LogP contribution in [0.5, 0.6) is 0 Å². The van der Waals surface area contributed by atoms with E-state index >= 15 is 0 Å². The second-order valence-electron chi connectivity index (χ2n) is 5.89. The number of rotatable bonds is 6. The summed E-state index contributed by atoms with van der Waals surface area (Å²) in [5.74, 6) is -2.11. The monoisotopic (exact) mass is 397 g/mol. The molecule has 9 nitrogen and oxygen atoms in total. The highest BCUT2D eigenvalue weighted by Crippen LogP contribution is 2.18. The number of nitrogens with zero attached hydrogens (tertiary/aromatic N) is 6. The molecule has 0 saturated carbocycles. The zero-order valence-electron chi connectivity index (χ0n) is 14.8. The van der Waals surface area contributed by atoms with Crippen LogP contribution in [0.2, 0.25) is 0 Å². The van der Waals surface area contributed by atoms with Gasteiger partial charge in [0.2, 0.25) is 5.82 Å². The minimum atomic E-state index is -1.08. The molecule has 0 radical (unpaired) electrons. The summed E-state index contributed by atoms with van der Waals surface area (Å²) in [5.41, 5.74) is 0.956. The Bertz CT molecular complexity index is 1140. The molecule has 4 aromatic rings. The van der Waals surface area contributed by atoms with E-state index in [0.29, 0.717) is 23.8 Å². The molecule has 0 fully saturated rings. The number of benzene rings is 1. The fourth-order valence-corrected chi connectivity index (χ4v) is 2.46. The molecular weight excluding hydrogens is 384 g/mol. The Balaban J connectivity index is 1.35. The van der Waals surface area contributed by atoms with Crippen LogP contribution in [0.3, 0.4) is 0 Å². The summed E-state index contributed by atoms with van der Waals surface area (Å²) in [6, 6.07) is 8.28. The van der Waals surface area contributed by atoms with Crippen molar-refractivity contribution in [3.8, 4) is 23.1 Å². The summed E-state index contributed by atoms with van der Waals surface area (Å²) in [7, 11) is 0. The van der Waals surface area contributed by atoms with Gasteiger partial charge >= 0.3 is 0 Å². The van der Waals surface area contributed by atoms with Crippen molar-refractivity contribution in [3.05, 3.63) is 66.0 Å². The third-order valence-electron chi connectivity index (χ3n) is 3.89. The maximum Gasteiger partial charge on any atom is 0.280 e. The maximum atomic E-state index is 13.2. The van der Waals surface area contributed by atoms with Crippen molar-refractivity contribution in [2.75, 3.05) is 6.54 Å². The predicted octanol–water partition coefficient (Wildman–Crippen LogP) is 2.10. The van der Waals surface area contributed by atoms with Gasteiger partial charge in [-0.1, -0.05) is 16.4 Å². The lowest BCUT2D eigenvalue weighted by Gasteiger charge is -2.05. The second-order valence-corrected chi connectivity index (χ2v) is 5.89. The van der Waals surface area contributed by atoms with Gasteiger partial charge in [0.05, 0.1) is 12.7 Å². The molecule has 1 N–H and O–H groups in total. The first kappa shape index (κ1) is 18.3. The molecule has 4 rings (SSSR count). The zero-order valence-corrected chi connectivity index (χ0v) is 14.8. The van der Waals surface area contributed by atoms with Crippen molar-refractivity contribution in [1.82, 2.24) is 35.4 Å². The smallest absolute Gasteiger partial charge is 0.280 e. The van der Waals surface area contributed by atoms with Gasteiger partial charge in [-0.15, -0.1) is 5.10 Å². The molecule has 0 saturated heterocycles. The highest BCUT2D eigenvalue weighted by Gasteiger charge is 2.15. The summed E-state index contributed by atoms with van der Waals surface area (Å²) in [6.07, 6.45) is 3.20. The topological polar surface area (TPSA) is 112 Å². The van der Waals surface area contributed by atoms with Crippen LogP contribution in [-0.4, -0.2) is 42.6 Å². The SMILES string of the molecule is O=C(NCCn1cc(-c2nc(-c3ccccn3)no2)nn1)c1ccc(F)c(F)c1. The number of hydrogen-bond acceptors (Lipinski definition) is 7. The first-order valence-corrected chi connectivity index (χ1v) is 8.49. The van der Waals surface area contributed by atoms with E-state index in [0.717, 1.165) is 12.1 Å². The van der Waals surface area contributed by atoms with Crippen LogP contribution in [0.4, 0.5) is 8.78 Å². The third kappa shape index (κ3) is 4.13. The van der Waals surface area contributed by atoms with Crippen LogP contribution >= 0.6 is 0 Å². The van der Waals surface area contributed by atoms with Gasteiger partial charge in [0.15, 0.2) is 17.3 Å². The summed E-state index contributed by atoms with van der Waals surface area (Å²) >= 11 is 0. The summed E-state index contributed by atoms with van der Waals surface area (Å²) in [6.45, 7) is 0.493. The van der Waals surface area contributed by atoms with Crippen molar-refractivity contribution in [2.45, 2.75) is 6.54 Å². The lowest BCUT2D eigenvalue weighted by molar-refractivity contribution is 0.0951. The van der Waals surface area contributed by atoms with E-state index in [1.165, 1.54) is 10.7 Å². The highest BCUT2D eigenvalue weighted by molar-refractivity contribution is 5.94. The Kier molecular flexibility index (Phi) is 5.01. The van der Waals surface area contributed by atoms with E-state index in [-0.39, 0.29) is 18.0 Å². The van der Waals surface area contributed by atoms with Crippen molar-refractivity contribution in [2.24, 2.45) is 0 Å². The molecule has 0 aliphatic heterocycles. The molecule has 0 atom stereocenters. The fourth-order valence-electron chi connectivity index (χ4n) is 2.46.